The van der Waals surface area contributed by atoms with Gasteiger partial charge in [0.05, 0.1) is 6.10 Å². The van der Waals surface area contributed by atoms with Gasteiger partial charge < -0.3 is 9.53 Å². The lowest BCUT2D eigenvalue weighted by Gasteiger charge is -1.81. The van der Waals surface area contributed by atoms with E-state index in [0.29, 0.717) is 0 Å². The molecule has 1 aliphatic rings. The van der Waals surface area contributed by atoms with Gasteiger partial charge >= 0.3 is 0 Å². The highest BCUT2D eigenvalue weighted by molar-refractivity contribution is 5.60. The molecule has 1 aliphatic heterocycles. The fraction of sp³-hybridized carbons (Fsp3) is 0.625. The van der Waals surface area contributed by atoms with E-state index in [-0.39, 0.29) is 12.2 Å². The molecule has 0 bridgehead atoms. The third-order valence-corrected chi connectivity index (χ3v) is 1.53. The smallest absolute Gasteiger partial charge is 0.151 e. The van der Waals surface area contributed by atoms with Gasteiger partial charge in [-0.2, -0.15) is 0 Å². The predicted molar refractivity (Wildman–Crippen MR) is 38.8 cm³/mol. The zero-order valence-electron chi connectivity index (χ0n) is 6.12. The van der Waals surface area contributed by atoms with Gasteiger partial charge in [0.1, 0.15) is 6.10 Å². The molecule has 0 aromatic heterocycles. The Morgan fingerprint density at radius 1 is 1.50 bits per heavy atom. The van der Waals surface area contributed by atoms with E-state index in [1.54, 1.807) is 0 Å². The van der Waals surface area contributed by atoms with E-state index < -0.39 is 0 Å². The molecule has 0 amide bonds. The largest absolute Gasteiger partial charge is 0.361 e. The van der Waals surface area contributed by atoms with Gasteiger partial charge in [0, 0.05) is 0 Å². The SMILES string of the molecule is CC/C=C\C[C@@H]1O[C@H]1C=O. The third kappa shape index (κ3) is 1.95. The molecule has 56 valence electrons. The molecule has 0 aromatic carbocycles. The fourth-order valence-corrected chi connectivity index (χ4v) is 0.863. The molecule has 10 heavy (non-hydrogen) atoms. The van der Waals surface area contributed by atoms with Crippen LogP contribution in [-0.4, -0.2) is 18.5 Å². The van der Waals surface area contributed by atoms with E-state index in [9.17, 15) is 4.79 Å². The molecule has 0 aromatic rings. The van der Waals surface area contributed by atoms with Crippen LogP contribution in [0.4, 0.5) is 0 Å². The zero-order valence-corrected chi connectivity index (χ0v) is 6.12. The summed E-state index contributed by atoms with van der Waals surface area (Å²) in [5.41, 5.74) is 0. The normalized spacial score (nSPS) is 30.9. The molecule has 1 heterocycles. The van der Waals surface area contributed by atoms with Crippen LogP contribution in [0.1, 0.15) is 19.8 Å². The first-order chi connectivity index (χ1) is 4.88. The number of aldehydes is 1. The van der Waals surface area contributed by atoms with Gasteiger partial charge in [-0.1, -0.05) is 19.1 Å². The van der Waals surface area contributed by atoms with Crippen molar-refractivity contribution < 1.29 is 9.53 Å². The Morgan fingerprint density at radius 3 is 2.80 bits per heavy atom. The molecule has 1 rings (SSSR count). The maximum absolute atomic E-state index is 10.1. The fourth-order valence-electron chi connectivity index (χ4n) is 0.863. The minimum Gasteiger partial charge on any atom is -0.361 e. The van der Waals surface area contributed by atoms with Gasteiger partial charge in [-0.25, -0.2) is 0 Å². The second-order valence-corrected chi connectivity index (χ2v) is 2.39. The minimum atomic E-state index is -0.110. The van der Waals surface area contributed by atoms with Crippen molar-refractivity contribution in [2.75, 3.05) is 0 Å². The summed E-state index contributed by atoms with van der Waals surface area (Å²) < 4.78 is 4.99. The van der Waals surface area contributed by atoms with Crippen LogP contribution < -0.4 is 0 Å². The van der Waals surface area contributed by atoms with Gasteiger partial charge in [0.25, 0.3) is 0 Å². The monoisotopic (exact) mass is 140 g/mol. The topological polar surface area (TPSA) is 29.6 Å². The Labute approximate surface area is 60.9 Å². The van der Waals surface area contributed by atoms with Crippen molar-refractivity contribution in [1.82, 2.24) is 0 Å². The van der Waals surface area contributed by atoms with Crippen LogP contribution in [0.2, 0.25) is 0 Å². The van der Waals surface area contributed by atoms with Crippen molar-refractivity contribution in [1.29, 1.82) is 0 Å². The summed E-state index contributed by atoms with van der Waals surface area (Å²) in [5, 5.41) is 0. The highest BCUT2D eigenvalue weighted by Gasteiger charge is 2.36. The van der Waals surface area contributed by atoms with Crippen LogP contribution in [0.25, 0.3) is 0 Å². The molecule has 1 saturated heterocycles. The number of allylic oxidation sites excluding steroid dienone is 1. The average Bonchev–Trinajstić information content (AvgIpc) is 2.68. The molecule has 1 fully saturated rings. The van der Waals surface area contributed by atoms with Crippen LogP contribution in [0, 0.1) is 0 Å². The molecule has 2 nitrogen and oxygen atoms in total. The van der Waals surface area contributed by atoms with E-state index in [4.69, 9.17) is 4.74 Å². The molecule has 0 spiro atoms. The number of hydrogen-bond donors (Lipinski definition) is 0. The van der Waals surface area contributed by atoms with E-state index in [1.807, 2.05) is 0 Å². The summed E-state index contributed by atoms with van der Waals surface area (Å²) in [7, 11) is 0. The lowest BCUT2D eigenvalue weighted by atomic mass is 10.2. The molecule has 0 N–H and O–H groups in total. The van der Waals surface area contributed by atoms with Crippen molar-refractivity contribution in [3.05, 3.63) is 12.2 Å². The summed E-state index contributed by atoms with van der Waals surface area (Å²) in [6, 6.07) is 0. The molecule has 0 unspecified atom stereocenters. The van der Waals surface area contributed by atoms with Crippen molar-refractivity contribution in [3.63, 3.8) is 0 Å². The Kier molecular flexibility index (Phi) is 2.63. The predicted octanol–water partition coefficient (Wildman–Crippen LogP) is 1.31. The second kappa shape index (κ2) is 3.52. The first-order valence-corrected chi connectivity index (χ1v) is 3.64. The van der Waals surface area contributed by atoms with Gasteiger partial charge in [-0.3, -0.25) is 0 Å². The van der Waals surface area contributed by atoms with Gasteiger partial charge in [-0.05, 0) is 12.8 Å². The highest BCUT2D eigenvalue weighted by Crippen LogP contribution is 2.23. The van der Waals surface area contributed by atoms with Gasteiger partial charge in [0.2, 0.25) is 0 Å². The van der Waals surface area contributed by atoms with E-state index >= 15 is 0 Å². The number of rotatable bonds is 4. The average molecular weight is 140 g/mol. The Morgan fingerprint density at radius 2 is 2.30 bits per heavy atom. The van der Waals surface area contributed by atoms with E-state index in [1.165, 1.54) is 0 Å². The lowest BCUT2D eigenvalue weighted by Crippen LogP contribution is -1.91. The number of epoxide rings is 1. The van der Waals surface area contributed by atoms with Crippen molar-refractivity contribution in [2.45, 2.75) is 32.0 Å². The zero-order chi connectivity index (χ0) is 7.40. The van der Waals surface area contributed by atoms with Crippen LogP contribution in [0.3, 0.4) is 0 Å². The summed E-state index contributed by atoms with van der Waals surface area (Å²) >= 11 is 0. The van der Waals surface area contributed by atoms with E-state index in [0.717, 1.165) is 19.1 Å². The summed E-state index contributed by atoms with van der Waals surface area (Å²) in [4.78, 5) is 10.1. The highest BCUT2D eigenvalue weighted by atomic mass is 16.6. The van der Waals surface area contributed by atoms with Crippen LogP contribution in [0.5, 0.6) is 0 Å². The first-order valence-electron chi connectivity index (χ1n) is 3.64. The number of carbonyl (C=O) groups is 1. The number of carbonyl (C=O) groups excluding carboxylic acids is 1. The standard InChI is InChI=1S/C8H12O2/c1-2-3-4-5-7-8(6-9)10-7/h3-4,6-8H,2,5H2,1H3/b4-3-/t7-,8-/m0/s1. The molecule has 2 heteroatoms. The first kappa shape index (κ1) is 7.48. The quantitative estimate of drug-likeness (QED) is 0.335. The van der Waals surface area contributed by atoms with Crippen LogP contribution in [-0.2, 0) is 9.53 Å². The number of ether oxygens (including phenoxy) is 1. The van der Waals surface area contributed by atoms with Gasteiger partial charge in [0.15, 0.2) is 6.29 Å². The van der Waals surface area contributed by atoms with E-state index in [2.05, 4.69) is 19.1 Å². The molecule has 0 saturated carbocycles. The lowest BCUT2D eigenvalue weighted by molar-refractivity contribution is -0.108. The van der Waals surface area contributed by atoms with Crippen LogP contribution >= 0.6 is 0 Å². The third-order valence-electron chi connectivity index (χ3n) is 1.53. The minimum absolute atomic E-state index is 0.110. The number of hydrogen-bond acceptors (Lipinski definition) is 2. The molecular weight excluding hydrogens is 128 g/mol. The molecule has 0 radical (unpaired) electrons. The summed E-state index contributed by atoms with van der Waals surface area (Å²) in [6.07, 6.45) is 7.03. The summed E-state index contributed by atoms with van der Waals surface area (Å²) in [5.74, 6) is 0. The Hall–Kier alpha value is -0.630. The molecule has 0 aliphatic carbocycles. The van der Waals surface area contributed by atoms with Crippen molar-refractivity contribution >= 4 is 6.29 Å². The maximum atomic E-state index is 10.1. The van der Waals surface area contributed by atoms with Crippen molar-refractivity contribution in [2.24, 2.45) is 0 Å². The molecular formula is C8H12O2. The van der Waals surface area contributed by atoms with Crippen LogP contribution in [0.15, 0.2) is 12.2 Å². The Bertz CT molecular complexity index is 140. The van der Waals surface area contributed by atoms with Crippen molar-refractivity contribution in [3.8, 4) is 0 Å². The van der Waals surface area contributed by atoms with Gasteiger partial charge in [-0.15, -0.1) is 0 Å². The Balaban J connectivity index is 2.06. The summed E-state index contributed by atoms with van der Waals surface area (Å²) in [6.45, 7) is 2.08. The molecule has 2 atom stereocenters. The second-order valence-electron chi connectivity index (χ2n) is 2.39. The maximum Gasteiger partial charge on any atom is 0.151 e.